The number of hydrogen-bond acceptors (Lipinski definition) is 5. The number of halogens is 2. The summed E-state index contributed by atoms with van der Waals surface area (Å²) in [5.41, 5.74) is 3.45. The van der Waals surface area contributed by atoms with Gasteiger partial charge >= 0.3 is 5.97 Å². The van der Waals surface area contributed by atoms with E-state index in [-0.39, 0.29) is 31.4 Å². The number of carboxylic acids is 1. The second-order valence-electron chi connectivity index (χ2n) is 12.6. The van der Waals surface area contributed by atoms with E-state index in [1.807, 2.05) is 36.4 Å². The van der Waals surface area contributed by atoms with Crippen molar-refractivity contribution < 1.29 is 29.1 Å². The summed E-state index contributed by atoms with van der Waals surface area (Å²) in [5.74, 6) is -2.96. The maximum absolute atomic E-state index is 13.4. The highest BCUT2D eigenvalue weighted by molar-refractivity contribution is 6.30. The zero-order chi connectivity index (χ0) is 34.5. The van der Waals surface area contributed by atoms with E-state index in [0.29, 0.717) is 23.2 Å². The molecule has 4 amide bonds. The fourth-order valence-corrected chi connectivity index (χ4v) is 7.02. The molecule has 0 bridgehead atoms. The Morgan fingerprint density at radius 3 is 1.48 bits per heavy atom. The highest BCUT2D eigenvalue weighted by Crippen LogP contribution is 2.34. The molecule has 4 rings (SSSR count). The van der Waals surface area contributed by atoms with Crippen molar-refractivity contribution in [2.24, 2.45) is 0 Å². The van der Waals surface area contributed by atoms with Crippen LogP contribution in [-0.4, -0.2) is 84.1 Å². The van der Waals surface area contributed by atoms with E-state index in [4.69, 9.17) is 23.2 Å². The standard InChI is InChI=1S/C36H46Cl2N4O6/c37-21-33(44)41(30-15-11-28(12-16-30)26-7-3-1-4-8-26)23-32(43)39-19-20-40(25-36(47)48)35(46)24-42(34(45)22-38)31-17-13-29(14-18-31)27-9-5-2-6-10-27/h11-18,26-27H,1-10,19-25H2,(H,39,43)(H,47,48). The quantitative estimate of drug-likeness (QED) is 0.231. The number of carbonyl (C=O) groups is 5. The van der Waals surface area contributed by atoms with Gasteiger partial charge in [-0.25, -0.2) is 0 Å². The van der Waals surface area contributed by atoms with Gasteiger partial charge in [-0.05, 0) is 72.9 Å². The summed E-state index contributed by atoms with van der Waals surface area (Å²) in [7, 11) is 0. The first kappa shape index (κ1) is 37.2. The van der Waals surface area contributed by atoms with E-state index < -0.39 is 42.7 Å². The molecule has 2 N–H and O–H groups in total. The van der Waals surface area contributed by atoms with Crippen molar-refractivity contribution >= 4 is 64.2 Å². The zero-order valence-corrected chi connectivity index (χ0v) is 28.9. The molecule has 0 aliphatic heterocycles. The molecule has 48 heavy (non-hydrogen) atoms. The molecule has 260 valence electrons. The van der Waals surface area contributed by atoms with Crippen LogP contribution in [0, 0.1) is 0 Å². The number of anilines is 2. The van der Waals surface area contributed by atoms with Crippen LogP contribution in [0.25, 0.3) is 0 Å². The van der Waals surface area contributed by atoms with Gasteiger partial charge in [0.2, 0.25) is 23.6 Å². The number of nitrogens with one attached hydrogen (secondary N) is 1. The first-order valence-corrected chi connectivity index (χ1v) is 18.0. The van der Waals surface area contributed by atoms with Crippen LogP contribution in [-0.2, 0) is 24.0 Å². The average molecular weight is 702 g/mol. The highest BCUT2D eigenvalue weighted by Gasteiger charge is 2.25. The van der Waals surface area contributed by atoms with Crippen LogP contribution in [0.1, 0.15) is 87.2 Å². The zero-order valence-electron chi connectivity index (χ0n) is 27.4. The van der Waals surface area contributed by atoms with Crippen LogP contribution in [0.15, 0.2) is 48.5 Å². The Labute approximate surface area is 292 Å². The predicted octanol–water partition coefficient (Wildman–Crippen LogP) is 5.66. The SMILES string of the molecule is O=C(O)CN(CCNC(=O)CN(C(=O)CCl)c1ccc(C2CCCCC2)cc1)C(=O)CN(C(=O)CCl)c1ccc(C2CCCCC2)cc1. The molecule has 2 aliphatic carbocycles. The van der Waals surface area contributed by atoms with Crippen LogP contribution in [0.4, 0.5) is 11.4 Å². The molecule has 0 atom stereocenters. The molecule has 0 aromatic heterocycles. The van der Waals surface area contributed by atoms with Crippen molar-refractivity contribution in [1.29, 1.82) is 0 Å². The summed E-state index contributed by atoms with van der Waals surface area (Å²) in [5, 5.41) is 12.2. The molecule has 2 aromatic rings. The maximum Gasteiger partial charge on any atom is 0.323 e. The molecule has 0 radical (unpaired) electrons. The van der Waals surface area contributed by atoms with Gasteiger partial charge < -0.3 is 25.1 Å². The molecule has 0 saturated heterocycles. The topological polar surface area (TPSA) is 127 Å². The summed E-state index contributed by atoms with van der Waals surface area (Å²) < 4.78 is 0. The molecule has 0 heterocycles. The number of amides is 4. The van der Waals surface area contributed by atoms with Gasteiger partial charge in [0.05, 0.1) is 0 Å². The molecule has 0 unspecified atom stereocenters. The van der Waals surface area contributed by atoms with Gasteiger partial charge in [-0.2, -0.15) is 0 Å². The van der Waals surface area contributed by atoms with Crippen LogP contribution >= 0.6 is 23.2 Å². The smallest absolute Gasteiger partial charge is 0.323 e. The number of aliphatic carboxylic acids is 1. The van der Waals surface area contributed by atoms with Crippen LogP contribution in [0.3, 0.4) is 0 Å². The molecule has 2 fully saturated rings. The molecule has 0 spiro atoms. The lowest BCUT2D eigenvalue weighted by molar-refractivity contribution is -0.144. The molecule has 2 aromatic carbocycles. The Bertz CT molecular complexity index is 1390. The number of benzene rings is 2. The minimum atomic E-state index is -1.24. The van der Waals surface area contributed by atoms with E-state index >= 15 is 0 Å². The number of nitrogens with zero attached hydrogens (tertiary/aromatic N) is 3. The van der Waals surface area contributed by atoms with Gasteiger partial charge in [0.15, 0.2) is 0 Å². The Morgan fingerprint density at radius 2 is 1.06 bits per heavy atom. The van der Waals surface area contributed by atoms with Crippen LogP contribution in [0.2, 0.25) is 0 Å². The fourth-order valence-electron chi connectivity index (χ4n) is 6.74. The van der Waals surface area contributed by atoms with Crippen molar-refractivity contribution in [3.63, 3.8) is 0 Å². The van der Waals surface area contributed by atoms with Crippen LogP contribution in [0.5, 0.6) is 0 Å². The first-order chi connectivity index (χ1) is 23.2. The Morgan fingerprint density at radius 1 is 0.625 bits per heavy atom. The predicted molar refractivity (Wildman–Crippen MR) is 188 cm³/mol. The highest BCUT2D eigenvalue weighted by atomic mass is 35.5. The van der Waals surface area contributed by atoms with E-state index in [1.165, 1.54) is 59.5 Å². The number of hydrogen-bond donors (Lipinski definition) is 2. The molecule has 2 aliphatic rings. The van der Waals surface area contributed by atoms with Crippen molar-refractivity contribution in [2.75, 3.05) is 54.3 Å². The summed E-state index contributed by atoms with van der Waals surface area (Å²) in [6.07, 6.45) is 11.8. The second-order valence-corrected chi connectivity index (χ2v) is 13.2. The minimum Gasteiger partial charge on any atom is -0.480 e. The number of carbonyl (C=O) groups excluding carboxylic acids is 4. The van der Waals surface area contributed by atoms with Gasteiger partial charge in [0.1, 0.15) is 31.4 Å². The van der Waals surface area contributed by atoms with Gasteiger partial charge in [-0.15, -0.1) is 23.2 Å². The Balaban J connectivity index is 1.36. The lowest BCUT2D eigenvalue weighted by Crippen LogP contribution is -2.48. The van der Waals surface area contributed by atoms with Gasteiger partial charge in [-0.3, -0.25) is 24.0 Å². The third-order valence-electron chi connectivity index (χ3n) is 9.37. The van der Waals surface area contributed by atoms with Gasteiger partial charge in [-0.1, -0.05) is 62.8 Å². The van der Waals surface area contributed by atoms with Crippen molar-refractivity contribution in [2.45, 2.75) is 76.0 Å². The summed E-state index contributed by atoms with van der Waals surface area (Å²) in [6.45, 7) is -1.52. The molecule has 12 heteroatoms. The third-order valence-corrected chi connectivity index (χ3v) is 9.83. The maximum atomic E-state index is 13.4. The number of carboxylic acid groups (broad SMARTS) is 1. The van der Waals surface area contributed by atoms with E-state index in [0.717, 1.165) is 30.6 Å². The Kier molecular flexibility index (Phi) is 14.6. The number of alkyl halides is 2. The van der Waals surface area contributed by atoms with Gasteiger partial charge in [0.25, 0.3) is 0 Å². The van der Waals surface area contributed by atoms with E-state index in [2.05, 4.69) is 5.32 Å². The first-order valence-electron chi connectivity index (χ1n) is 16.9. The molecule has 2 saturated carbocycles. The van der Waals surface area contributed by atoms with Crippen LogP contribution < -0.4 is 15.1 Å². The van der Waals surface area contributed by atoms with Crippen molar-refractivity contribution in [1.82, 2.24) is 10.2 Å². The largest absolute Gasteiger partial charge is 0.480 e. The summed E-state index contributed by atoms with van der Waals surface area (Å²) >= 11 is 11.7. The molecular formula is C36H46Cl2N4O6. The fraction of sp³-hybridized carbons (Fsp3) is 0.528. The third kappa shape index (κ3) is 10.7. The summed E-state index contributed by atoms with van der Waals surface area (Å²) in [6, 6.07) is 15.2. The van der Waals surface area contributed by atoms with E-state index in [9.17, 15) is 29.1 Å². The monoisotopic (exact) mass is 700 g/mol. The van der Waals surface area contributed by atoms with E-state index in [1.54, 1.807) is 12.1 Å². The summed E-state index contributed by atoms with van der Waals surface area (Å²) in [4.78, 5) is 67.0. The average Bonchev–Trinajstić information content (AvgIpc) is 3.12. The molecular weight excluding hydrogens is 655 g/mol. The lowest BCUT2D eigenvalue weighted by Gasteiger charge is -2.27. The second kappa shape index (κ2) is 18.8. The van der Waals surface area contributed by atoms with Gasteiger partial charge in [0, 0.05) is 24.5 Å². The minimum absolute atomic E-state index is 0.0685. The lowest BCUT2D eigenvalue weighted by atomic mass is 9.84. The molecule has 10 nitrogen and oxygen atoms in total. The normalized spacial score (nSPS) is 15.4. The van der Waals surface area contributed by atoms with Crippen molar-refractivity contribution in [3.8, 4) is 0 Å². The Hall–Kier alpha value is -3.63. The van der Waals surface area contributed by atoms with Crippen molar-refractivity contribution in [3.05, 3.63) is 59.7 Å². The number of rotatable bonds is 15.